The van der Waals surface area contributed by atoms with Crippen LogP contribution >= 0.6 is 0 Å². The molecule has 0 saturated heterocycles. The predicted octanol–water partition coefficient (Wildman–Crippen LogP) is -0.436. The van der Waals surface area contributed by atoms with Crippen LogP contribution in [-0.4, -0.2) is 19.6 Å². The van der Waals surface area contributed by atoms with E-state index in [1.54, 1.807) is 0 Å². The van der Waals surface area contributed by atoms with Gasteiger partial charge in [-0.3, -0.25) is 0 Å². The molecule has 0 amide bonds. The lowest BCUT2D eigenvalue weighted by Gasteiger charge is -1.95. The zero-order valence-electron chi connectivity index (χ0n) is 4.07. The summed E-state index contributed by atoms with van der Waals surface area (Å²) in [6, 6.07) is 0. The zero-order chi connectivity index (χ0) is 4.62. The van der Waals surface area contributed by atoms with Gasteiger partial charge in [0.25, 0.3) is 0 Å². The van der Waals surface area contributed by atoms with Gasteiger partial charge in [-0.1, -0.05) is 12.8 Å². The van der Waals surface area contributed by atoms with E-state index in [4.69, 9.17) is 5.11 Å². The van der Waals surface area contributed by atoms with Crippen LogP contribution in [0.3, 0.4) is 0 Å². The summed E-state index contributed by atoms with van der Waals surface area (Å²) in [7, 11) is 2.10. The van der Waals surface area contributed by atoms with E-state index in [1.807, 2.05) is 0 Å². The third-order valence-corrected chi connectivity index (χ3v) is 1.49. The van der Waals surface area contributed by atoms with Crippen molar-refractivity contribution in [1.29, 1.82) is 0 Å². The monoisotopic (exact) mass is 84.1 g/mol. The quantitative estimate of drug-likeness (QED) is 0.427. The third kappa shape index (κ3) is 0.572. The lowest BCUT2D eigenvalue weighted by molar-refractivity contribution is 0.283. The minimum Gasteiger partial charge on any atom is -0.397 e. The maximum atomic E-state index is 8.47. The summed E-state index contributed by atoms with van der Waals surface area (Å²) in [6.45, 7) is 0.382. The normalized spacial score (nSPS) is 26.8. The van der Waals surface area contributed by atoms with E-state index < -0.39 is 0 Å². The van der Waals surface area contributed by atoms with E-state index in [1.165, 1.54) is 12.8 Å². The molecule has 6 heavy (non-hydrogen) atoms. The standard InChI is InChI=1S/C4H9BO/c5-4(3-6)1-2-4/h6H,1-3,5H2. The van der Waals surface area contributed by atoms with Crippen LogP contribution in [0.15, 0.2) is 0 Å². The predicted molar refractivity (Wildman–Crippen MR) is 27.6 cm³/mol. The smallest absolute Gasteiger partial charge is 0.112 e. The van der Waals surface area contributed by atoms with Gasteiger partial charge in [-0.15, -0.1) is 0 Å². The van der Waals surface area contributed by atoms with Crippen LogP contribution in [0, 0.1) is 0 Å². The summed E-state index contributed by atoms with van der Waals surface area (Å²) >= 11 is 0. The summed E-state index contributed by atoms with van der Waals surface area (Å²) in [5.41, 5.74) is 0. The highest BCUT2D eigenvalue weighted by atomic mass is 16.3. The van der Waals surface area contributed by atoms with Crippen molar-refractivity contribution in [1.82, 2.24) is 0 Å². The highest BCUT2D eigenvalue weighted by Gasteiger charge is 2.35. The van der Waals surface area contributed by atoms with E-state index in [0.717, 1.165) is 0 Å². The van der Waals surface area contributed by atoms with Crippen molar-refractivity contribution in [3.8, 4) is 0 Å². The summed E-state index contributed by atoms with van der Waals surface area (Å²) in [5.74, 6) is 0. The molecule has 1 nitrogen and oxygen atoms in total. The molecule has 0 heterocycles. The Bertz CT molecular complexity index is 58.6. The summed E-state index contributed by atoms with van der Waals surface area (Å²) in [4.78, 5) is 0. The average Bonchev–Trinajstić information content (AvgIpc) is 2.22. The molecular formula is C4H9BO. The Morgan fingerprint density at radius 1 is 1.67 bits per heavy atom. The Morgan fingerprint density at radius 2 is 2.17 bits per heavy atom. The molecule has 1 N–H and O–H groups in total. The van der Waals surface area contributed by atoms with E-state index in [2.05, 4.69) is 7.85 Å². The first-order valence-corrected chi connectivity index (χ1v) is 2.38. The first-order valence-electron chi connectivity index (χ1n) is 2.38. The van der Waals surface area contributed by atoms with Gasteiger partial charge in [0.15, 0.2) is 0 Å². The van der Waals surface area contributed by atoms with Gasteiger partial charge in [-0.25, -0.2) is 0 Å². The van der Waals surface area contributed by atoms with E-state index in [-0.39, 0.29) is 0 Å². The molecule has 0 aliphatic heterocycles. The molecule has 0 bridgehead atoms. The van der Waals surface area contributed by atoms with Gasteiger partial charge >= 0.3 is 0 Å². The number of hydrogen-bond donors (Lipinski definition) is 1. The molecule has 1 aliphatic rings. The molecule has 0 aromatic heterocycles. The van der Waals surface area contributed by atoms with Crippen molar-refractivity contribution >= 4 is 7.85 Å². The third-order valence-electron chi connectivity index (χ3n) is 1.49. The molecular weight excluding hydrogens is 74.9 g/mol. The molecule has 0 unspecified atom stereocenters. The van der Waals surface area contributed by atoms with E-state index >= 15 is 0 Å². The van der Waals surface area contributed by atoms with E-state index in [9.17, 15) is 0 Å². The van der Waals surface area contributed by atoms with Crippen molar-refractivity contribution in [2.45, 2.75) is 18.2 Å². The minimum atomic E-state index is 0.347. The lowest BCUT2D eigenvalue weighted by atomic mass is 9.85. The molecule has 2 heteroatoms. The van der Waals surface area contributed by atoms with Crippen molar-refractivity contribution < 1.29 is 5.11 Å². The van der Waals surface area contributed by atoms with Crippen LogP contribution < -0.4 is 0 Å². The molecule has 0 spiro atoms. The minimum absolute atomic E-state index is 0.347. The van der Waals surface area contributed by atoms with Crippen molar-refractivity contribution in [3.63, 3.8) is 0 Å². The molecule has 0 aromatic carbocycles. The van der Waals surface area contributed by atoms with Crippen LogP contribution in [0.5, 0.6) is 0 Å². The van der Waals surface area contributed by atoms with Gasteiger partial charge in [-0.2, -0.15) is 0 Å². The first-order chi connectivity index (χ1) is 2.77. The molecule has 1 fully saturated rings. The fraction of sp³-hybridized carbons (Fsp3) is 1.00. The molecule has 1 aliphatic carbocycles. The van der Waals surface area contributed by atoms with Gasteiger partial charge < -0.3 is 5.11 Å². The summed E-state index contributed by atoms with van der Waals surface area (Å²) in [6.07, 6.45) is 2.45. The maximum Gasteiger partial charge on any atom is 0.112 e. The Labute approximate surface area is 38.8 Å². The van der Waals surface area contributed by atoms with Crippen LogP contribution in [-0.2, 0) is 0 Å². The Morgan fingerprint density at radius 3 is 2.17 bits per heavy atom. The molecule has 34 valence electrons. The summed E-state index contributed by atoms with van der Waals surface area (Å²) in [5, 5.41) is 8.81. The second kappa shape index (κ2) is 0.999. The molecule has 1 saturated carbocycles. The Balaban J connectivity index is 2.28. The molecule has 1 rings (SSSR count). The topological polar surface area (TPSA) is 20.2 Å². The van der Waals surface area contributed by atoms with Gasteiger partial charge in [-0.05, 0) is 5.31 Å². The molecule has 0 atom stereocenters. The zero-order valence-corrected chi connectivity index (χ0v) is 4.07. The van der Waals surface area contributed by atoms with Crippen LogP contribution in [0.4, 0.5) is 0 Å². The second-order valence-corrected chi connectivity index (χ2v) is 2.47. The largest absolute Gasteiger partial charge is 0.397 e. The number of aliphatic hydroxyl groups is 1. The van der Waals surface area contributed by atoms with Crippen molar-refractivity contribution in [2.75, 3.05) is 6.61 Å². The van der Waals surface area contributed by atoms with Gasteiger partial charge in [0.1, 0.15) is 7.85 Å². The fourth-order valence-electron chi connectivity index (χ4n) is 0.372. The number of aliphatic hydroxyl groups excluding tert-OH is 1. The lowest BCUT2D eigenvalue weighted by Crippen LogP contribution is -1.95. The van der Waals surface area contributed by atoms with Crippen LogP contribution in [0.25, 0.3) is 0 Å². The van der Waals surface area contributed by atoms with Gasteiger partial charge in [0, 0.05) is 6.61 Å². The number of hydrogen-bond acceptors (Lipinski definition) is 1. The fourth-order valence-corrected chi connectivity index (χ4v) is 0.372. The summed E-state index contributed by atoms with van der Waals surface area (Å²) < 4.78 is 0. The SMILES string of the molecule is BC1(CO)CC1. The van der Waals surface area contributed by atoms with E-state index in [0.29, 0.717) is 11.9 Å². The first kappa shape index (κ1) is 4.19. The number of rotatable bonds is 1. The molecule has 0 aromatic rings. The second-order valence-electron chi connectivity index (χ2n) is 2.47. The van der Waals surface area contributed by atoms with Gasteiger partial charge in [0.05, 0.1) is 0 Å². The molecule has 0 radical (unpaired) electrons. The Hall–Kier alpha value is 0.0249. The van der Waals surface area contributed by atoms with Crippen molar-refractivity contribution in [3.05, 3.63) is 0 Å². The Kier molecular flexibility index (Phi) is 0.698. The van der Waals surface area contributed by atoms with Gasteiger partial charge in [0.2, 0.25) is 0 Å². The maximum absolute atomic E-state index is 8.47. The average molecular weight is 83.9 g/mol. The van der Waals surface area contributed by atoms with Crippen LogP contribution in [0.1, 0.15) is 12.8 Å². The van der Waals surface area contributed by atoms with Crippen LogP contribution in [0.2, 0.25) is 5.31 Å². The highest BCUT2D eigenvalue weighted by molar-refractivity contribution is 6.17. The van der Waals surface area contributed by atoms with Crippen molar-refractivity contribution in [2.24, 2.45) is 0 Å². The highest BCUT2D eigenvalue weighted by Crippen LogP contribution is 2.49.